The Morgan fingerprint density at radius 2 is 1.93 bits per heavy atom. The zero-order valence-corrected chi connectivity index (χ0v) is 16.1. The van der Waals surface area contributed by atoms with Gasteiger partial charge in [-0.15, -0.1) is 0 Å². The molecule has 0 bridgehead atoms. The molecule has 2 rings (SSSR count). The van der Waals surface area contributed by atoms with Crippen LogP contribution in [-0.2, 0) is 14.8 Å². The Morgan fingerprint density at radius 3 is 2.48 bits per heavy atom. The van der Waals surface area contributed by atoms with Crippen molar-refractivity contribution in [2.24, 2.45) is 5.92 Å². The first-order chi connectivity index (χ1) is 12.5. The number of carboxylic acids is 1. The minimum Gasteiger partial charge on any atom is -0.479 e. The topological polar surface area (TPSA) is 136 Å². The van der Waals surface area contributed by atoms with Gasteiger partial charge in [0.1, 0.15) is 0 Å². The van der Waals surface area contributed by atoms with E-state index in [1.807, 2.05) is 6.92 Å². The lowest BCUT2D eigenvalue weighted by Crippen LogP contribution is -2.47. The molecule has 27 heavy (non-hydrogen) atoms. The average molecular weight is 399 g/mol. The molecule has 4 N–H and O–H groups in total. The number of anilines is 1. The number of piperidine rings is 1. The van der Waals surface area contributed by atoms with Gasteiger partial charge in [0.2, 0.25) is 10.0 Å². The summed E-state index contributed by atoms with van der Waals surface area (Å²) >= 11 is 0. The van der Waals surface area contributed by atoms with Crippen LogP contribution in [0.3, 0.4) is 0 Å². The summed E-state index contributed by atoms with van der Waals surface area (Å²) in [5.74, 6) is -1.13. The molecule has 0 aromatic heterocycles. The molecule has 1 aromatic carbocycles. The van der Waals surface area contributed by atoms with Gasteiger partial charge in [0.15, 0.2) is 5.60 Å². The fourth-order valence-electron chi connectivity index (χ4n) is 2.73. The average Bonchev–Trinajstić information content (AvgIpc) is 2.60. The van der Waals surface area contributed by atoms with Crippen LogP contribution in [0.25, 0.3) is 0 Å². The predicted molar refractivity (Wildman–Crippen MR) is 98.9 cm³/mol. The molecule has 2 atom stereocenters. The highest BCUT2D eigenvalue weighted by Gasteiger charge is 2.30. The number of hydrogen-bond donors (Lipinski definition) is 4. The number of nitrogens with zero attached hydrogens (tertiary/aromatic N) is 1. The first kappa shape index (κ1) is 21.1. The van der Waals surface area contributed by atoms with Gasteiger partial charge in [0, 0.05) is 18.8 Å². The fraction of sp³-hybridized carbons (Fsp3) is 0.529. The predicted octanol–water partition coefficient (Wildman–Crippen LogP) is 1.06. The molecule has 2 amide bonds. The number of carbonyl (C=O) groups is 2. The summed E-state index contributed by atoms with van der Waals surface area (Å²) in [4.78, 5) is 22.7. The lowest BCUT2D eigenvalue weighted by molar-refractivity contribution is -0.155. The van der Waals surface area contributed by atoms with E-state index < -0.39 is 34.2 Å². The molecule has 9 nitrogen and oxygen atoms in total. The first-order valence-electron chi connectivity index (χ1n) is 8.63. The Bertz CT molecular complexity index is 791. The molecule has 0 aliphatic carbocycles. The van der Waals surface area contributed by atoms with E-state index in [0.717, 1.165) is 19.8 Å². The van der Waals surface area contributed by atoms with Crippen LogP contribution >= 0.6 is 0 Å². The van der Waals surface area contributed by atoms with Crippen molar-refractivity contribution in [1.82, 2.24) is 9.62 Å². The normalized spacial score (nSPS) is 20.5. The molecular weight excluding hydrogens is 374 g/mol. The maximum absolute atomic E-state index is 12.7. The van der Waals surface area contributed by atoms with Gasteiger partial charge in [-0.25, -0.2) is 18.0 Å². The number of benzene rings is 1. The van der Waals surface area contributed by atoms with E-state index in [-0.39, 0.29) is 4.90 Å². The largest absolute Gasteiger partial charge is 0.479 e. The Hall–Kier alpha value is -2.17. The van der Waals surface area contributed by atoms with Crippen LogP contribution in [0.2, 0.25) is 0 Å². The quantitative estimate of drug-likeness (QED) is 0.565. The van der Waals surface area contributed by atoms with Crippen LogP contribution in [-0.4, -0.2) is 60.2 Å². The molecule has 0 spiro atoms. The molecule has 10 heteroatoms. The minimum atomic E-state index is -3.57. The summed E-state index contributed by atoms with van der Waals surface area (Å²) in [5, 5.41) is 23.1. The van der Waals surface area contributed by atoms with Crippen molar-refractivity contribution in [2.75, 3.05) is 25.0 Å². The summed E-state index contributed by atoms with van der Waals surface area (Å²) in [5.41, 5.74) is -1.74. The summed E-state index contributed by atoms with van der Waals surface area (Å²) < 4.78 is 26.8. The first-order valence-corrected chi connectivity index (χ1v) is 10.1. The second kappa shape index (κ2) is 8.24. The van der Waals surface area contributed by atoms with Crippen molar-refractivity contribution in [3.8, 4) is 0 Å². The van der Waals surface area contributed by atoms with E-state index in [9.17, 15) is 23.1 Å². The van der Waals surface area contributed by atoms with E-state index >= 15 is 0 Å². The van der Waals surface area contributed by atoms with E-state index in [1.165, 1.54) is 28.6 Å². The number of sulfonamides is 1. The standard InChI is InChI=1S/C17H25N3O6S/c1-12-4-3-9-20(10-12)27(25,26)14-7-5-13(6-8-14)19-16(23)18-11-17(2,24)15(21)22/h5-8,12,24H,3-4,9-11H2,1-2H3,(H,21,22)(H2,18,19,23). The van der Waals surface area contributed by atoms with Crippen LogP contribution in [0.5, 0.6) is 0 Å². The van der Waals surface area contributed by atoms with Crippen molar-refractivity contribution < 1.29 is 28.2 Å². The third-order valence-electron chi connectivity index (χ3n) is 4.42. The molecule has 1 saturated heterocycles. The SMILES string of the molecule is CC1CCCN(S(=O)(=O)c2ccc(NC(=O)NCC(C)(O)C(=O)O)cc2)C1. The number of hydrogen-bond acceptors (Lipinski definition) is 5. The number of amides is 2. The van der Waals surface area contributed by atoms with E-state index in [0.29, 0.717) is 24.7 Å². The number of aliphatic carboxylic acids is 1. The zero-order chi connectivity index (χ0) is 20.2. The molecular formula is C17H25N3O6S. The zero-order valence-electron chi connectivity index (χ0n) is 15.3. The van der Waals surface area contributed by atoms with Gasteiger partial charge < -0.3 is 20.8 Å². The number of urea groups is 1. The van der Waals surface area contributed by atoms with Gasteiger partial charge in [-0.2, -0.15) is 4.31 Å². The summed E-state index contributed by atoms with van der Waals surface area (Å²) in [7, 11) is -3.57. The molecule has 1 aromatic rings. The summed E-state index contributed by atoms with van der Waals surface area (Å²) in [6.45, 7) is 3.60. The molecule has 1 heterocycles. The maximum atomic E-state index is 12.7. The second-order valence-electron chi connectivity index (χ2n) is 7.02. The van der Waals surface area contributed by atoms with Crippen molar-refractivity contribution >= 4 is 27.7 Å². The highest BCUT2D eigenvalue weighted by molar-refractivity contribution is 7.89. The maximum Gasteiger partial charge on any atom is 0.337 e. The van der Waals surface area contributed by atoms with Crippen molar-refractivity contribution in [3.05, 3.63) is 24.3 Å². The molecule has 1 fully saturated rings. The Kier molecular flexibility index (Phi) is 6.45. The van der Waals surface area contributed by atoms with Gasteiger partial charge >= 0.3 is 12.0 Å². The Morgan fingerprint density at radius 1 is 1.30 bits per heavy atom. The number of nitrogens with one attached hydrogen (secondary N) is 2. The third-order valence-corrected chi connectivity index (χ3v) is 6.30. The van der Waals surface area contributed by atoms with Crippen LogP contribution < -0.4 is 10.6 Å². The molecule has 0 saturated carbocycles. The van der Waals surface area contributed by atoms with Crippen LogP contribution in [0.15, 0.2) is 29.2 Å². The third kappa shape index (κ3) is 5.41. The Labute approximate surface area is 158 Å². The smallest absolute Gasteiger partial charge is 0.337 e. The highest BCUT2D eigenvalue weighted by Crippen LogP contribution is 2.24. The molecule has 1 aliphatic rings. The number of carbonyl (C=O) groups excluding carboxylic acids is 1. The highest BCUT2D eigenvalue weighted by atomic mass is 32.2. The second-order valence-corrected chi connectivity index (χ2v) is 8.96. The summed E-state index contributed by atoms with van der Waals surface area (Å²) in [6, 6.07) is 5.02. The van der Waals surface area contributed by atoms with Crippen LogP contribution in [0, 0.1) is 5.92 Å². The monoisotopic (exact) mass is 399 g/mol. The molecule has 150 valence electrons. The molecule has 2 unspecified atom stereocenters. The molecule has 0 radical (unpaired) electrons. The van der Waals surface area contributed by atoms with Gasteiger partial charge in [0.05, 0.1) is 11.4 Å². The van der Waals surface area contributed by atoms with Crippen molar-refractivity contribution in [2.45, 2.75) is 37.2 Å². The van der Waals surface area contributed by atoms with Gasteiger partial charge in [0.25, 0.3) is 0 Å². The van der Waals surface area contributed by atoms with E-state index in [4.69, 9.17) is 5.11 Å². The summed E-state index contributed by atoms with van der Waals surface area (Å²) in [6.07, 6.45) is 1.85. The van der Waals surface area contributed by atoms with Crippen molar-refractivity contribution in [1.29, 1.82) is 0 Å². The minimum absolute atomic E-state index is 0.149. The van der Waals surface area contributed by atoms with Crippen molar-refractivity contribution in [3.63, 3.8) is 0 Å². The Balaban J connectivity index is 1.98. The van der Waals surface area contributed by atoms with Crippen LogP contribution in [0.1, 0.15) is 26.7 Å². The van der Waals surface area contributed by atoms with Crippen LogP contribution in [0.4, 0.5) is 10.5 Å². The van der Waals surface area contributed by atoms with E-state index in [1.54, 1.807) is 0 Å². The number of aliphatic hydroxyl groups is 1. The lowest BCUT2D eigenvalue weighted by atomic mass is 10.0. The van der Waals surface area contributed by atoms with Gasteiger partial charge in [-0.1, -0.05) is 6.92 Å². The van der Waals surface area contributed by atoms with Gasteiger partial charge in [-0.3, -0.25) is 0 Å². The number of rotatable bonds is 6. The van der Waals surface area contributed by atoms with E-state index in [2.05, 4.69) is 10.6 Å². The lowest BCUT2D eigenvalue weighted by Gasteiger charge is -2.30. The number of carboxylic acid groups (broad SMARTS) is 1. The van der Waals surface area contributed by atoms with Gasteiger partial charge in [-0.05, 0) is 49.9 Å². The molecule has 1 aliphatic heterocycles. The fourth-order valence-corrected chi connectivity index (χ4v) is 4.33.